The number of aryl methyl sites for hydroxylation is 1. The molecule has 0 saturated heterocycles. The number of aromatic hydroxyl groups is 2. The maximum Gasteiger partial charge on any atom is 0.273 e. The molecule has 0 bridgehead atoms. The molecule has 0 unspecified atom stereocenters. The van der Waals surface area contributed by atoms with Crippen LogP contribution in [-0.4, -0.2) is 58.1 Å². The Kier molecular flexibility index (Phi) is 5.99. The van der Waals surface area contributed by atoms with Gasteiger partial charge in [0.05, 0.1) is 19.3 Å². The molecule has 2 aromatic carbocycles. The number of H-pyrrole nitrogens is 1. The summed E-state index contributed by atoms with van der Waals surface area (Å²) in [6, 6.07) is 7.68. The maximum absolute atomic E-state index is 13.2. The van der Waals surface area contributed by atoms with Gasteiger partial charge in [-0.05, 0) is 49.2 Å². The van der Waals surface area contributed by atoms with E-state index in [1.165, 1.54) is 6.07 Å². The molecule has 3 N–H and O–H groups in total. The van der Waals surface area contributed by atoms with Crippen LogP contribution >= 0.6 is 11.6 Å². The second-order valence-electron chi connectivity index (χ2n) is 7.53. The number of methoxy groups -OCH3 is 1. The minimum Gasteiger partial charge on any atom is -0.507 e. The van der Waals surface area contributed by atoms with Crippen LogP contribution in [0, 0.1) is 6.92 Å². The van der Waals surface area contributed by atoms with Gasteiger partial charge in [0.2, 0.25) is 0 Å². The Morgan fingerprint density at radius 2 is 2.00 bits per heavy atom. The van der Waals surface area contributed by atoms with Crippen LogP contribution in [-0.2, 0) is 4.74 Å². The third-order valence-corrected chi connectivity index (χ3v) is 5.94. The first-order valence-corrected chi connectivity index (χ1v) is 10.6. The monoisotopic (exact) mass is 457 g/mol. The van der Waals surface area contributed by atoms with Crippen molar-refractivity contribution in [3.8, 4) is 28.5 Å². The first kappa shape index (κ1) is 22.0. The van der Waals surface area contributed by atoms with Crippen molar-refractivity contribution in [2.24, 2.45) is 0 Å². The van der Waals surface area contributed by atoms with Gasteiger partial charge >= 0.3 is 0 Å². The number of phenolic OH excluding ortho intramolecular Hbond substituents is 2. The number of nitrogens with one attached hydrogen (secondary N) is 1. The molecule has 1 aromatic heterocycles. The summed E-state index contributed by atoms with van der Waals surface area (Å²) in [5.41, 5.74) is 3.28. The van der Waals surface area contributed by atoms with Crippen molar-refractivity contribution < 1.29 is 24.5 Å². The summed E-state index contributed by atoms with van der Waals surface area (Å²) in [5.74, 6) is 0.121. The third kappa shape index (κ3) is 3.65. The Bertz CT molecular complexity index is 1180. The van der Waals surface area contributed by atoms with E-state index in [0.717, 1.165) is 11.1 Å². The second-order valence-corrected chi connectivity index (χ2v) is 7.94. The highest BCUT2D eigenvalue weighted by Gasteiger charge is 2.42. The summed E-state index contributed by atoms with van der Waals surface area (Å²) >= 11 is 6.32. The third-order valence-electron chi connectivity index (χ3n) is 5.53. The SMILES string of the molecule is CCOc1cc([C@@H]2c3c(-c4cc(Cl)c(C)cc4O)n[nH]c3C(=O)N2CCOC)ccc1O. The largest absolute Gasteiger partial charge is 0.507 e. The van der Waals surface area contributed by atoms with Gasteiger partial charge in [0.1, 0.15) is 17.1 Å². The topological polar surface area (TPSA) is 108 Å². The van der Waals surface area contributed by atoms with Crippen LogP contribution in [0.15, 0.2) is 30.3 Å². The molecule has 32 heavy (non-hydrogen) atoms. The molecule has 0 radical (unpaired) electrons. The van der Waals surface area contributed by atoms with Gasteiger partial charge in [-0.15, -0.1) is 0 Å². The molecule has 0 saturated carbocycles. The second kappa shape index (κ2) is 8.72. The van der Waals surface area contributed by atoms with Crippen LogP contribution in [0.5, 0.6) is 17.2 Å². The number of carbonyl (C=O) groups is 1. The average Bonchev–Trinajstić information content (AvgIpc) is 3.30. The first-order chi connectivity index (χ1) is 15.4. The first-order valence-electron chi connectivity index (χ1n) is 10.2. The number of carbonyl (C=O) groups excluding carboxylic acids is 1. The zero-order valence-electron chi connectivity index (χ0n) is 18.0. The van der Waals surface area contributed by atoms with Crippen LogP contribution in [0.4, 0.5) is 0 Å². The molecule has 1 aliphatic rings. The van der Waals surface area contributed by atoms with Gasteiger partial charge in [0, 0.05) is 29.8 Å². The van der Waals surface area contributed by atoms with Gasteiger partial charge in [-0.2, -0.15) is 5.10 Å². The van der Waals surface area contributed by atoms with Crippen LogP contribution in [0.2, 0.25) is 5.02 Å². The molecular weight excluding hydrogens is 434 g/mol. The number of hydrogen-bond donors (Lipinski definition) is 3. The Morgan fingerprint density at radius 3 is 2.72 bits per heavy atom. The molecule has 168 valence electrons. The van der Waals surface area contributed by atoms with Gasteiger partial charge in [-0.25, -0.2) is 0 Å². The molecule has 9 heteroatoms. The molecule has 2 heterocycles. The number of hydrogen-bond acceptors (Lipinski definition) is 6. The average molecular weight is 458 g/mol. The van der Waals surface area contributed by atoms with Crippen LogP contribution in [0.1, 0.15) is 40.1 Å². The van der Waals surface area contributed by atoms with Crippen molar-refractivity contribution in [3.63, 3.8) is 0 Å². The molecule has 0 fully saturated rings. The van der Waals surface area contributed by atoms with E-state index < -0.39 is 6.04 Å². The lowest BCUT2D eigenvalue weighted by Crippen LogP contribution is -2.32. The number of phenols is 2. The quantitative estimate of drug-likeness (QED) is 0.494. The zero-order valence-corrected chi connectivity index (χ0v) is 18.7. The van der Waals surface area contributed by atoms with E-state index in [9.17, 15) is 15.0 Å². The van der Waals surface area contributed by atoms with Crippen molar-refractivity contribution in [2.45, 2.75) is 19.9 Å². The summed E-state index contributed by atoms with van der Waals surface area (Å²) < 4.78 is 10.8. The number of ether oxygens (including phenoxy) is 2. The highest BCUT2D eigenvalue weighted by atomic mass is 35.5. The lowest BCUT2D eigenvalue weighted by molar-refractivity contribution is 0.0677. The number of nitrogens with zero attached hydrogens (tertiary/aromatic N) is 2. The predicted octanol–water partition coefficient (Wildman–Crippen LogP) is 4.04. The molecule has 1 amide bonds. The van der Waals surface area contributed by atoms with Crippen molar-refractivity contribution in [1.29, 1.82) is 0 Å². The Hall–Kier alpha value is -3.23. The fourth-order valence-corrected chi connectivity index (χ4v) is 4.16. The number of aromatic amines is 1. The summed E-state index contributed by atoms with van der Waals surface area (Å²) in [7, 11) is 1.57. The van der Waals surface area contributed by atoms with Crippen LogP contribution in [0.25, 0.3) is 11.3 Å². The lowest BCUT2D eigenvalue weighted by atomic mass is 9.95. The summed E-state index contributed by atoms with van der Waals surface area (Å²) in [6.07, 6.45) is 0. The smallest absolute Gasteiger partial charge is 0.273 e. The molecule has 1 aliphatic heterocycles. The lowest BCUT2D eigenvalue weighted by Gasteiger charge is -2.26. The Labute approximate surface area is 190 Å². The fraction of sp³-hybridized carbons (Fsp3) is 0.304. The highest BCUT2D eigenvalue weighted by molar-refractivity contribution is 6.31. The van der Waals surface area contributed by atoms with Gasteiger partial charge < -0.3 is 24.6 Å². The van der Waals surface area contributed by atoms with Crippen LogP contribution in [0.3, 0.4) is 0 Å². The summed E-state index contributed by atoms with van der Waals surface area (Å²) in [4.78, 5) is 14.9. The number of rotatable bonds is 7. The van der Waals surface area contributed by atoms with Gasteiger partial charge in [-0.1, -0.05) is 17.7 Å². The maximum atomic E-state index is 13.2. The Morgan fingerprint density at radius 1 is 1.22 bits per heavy atom. The van der Waals surface area contributed by atoms with E-state index >= 15 is 0 Å². The van der Waals surface area contributed by atoms with Crippen molar-refractivity contribution in [1.82, 2.24) is 15.1 Å². The normalized spacial score (nSPS) is 15.3. The van der Waals surface area contributed by atoms with Crippen molar-refractivity contribution in [3.05, 3.63) is 57.7 Å². The van der Waals surface area contributed by atoms with Crippen LogP contribution < -0.4 is 4.74 Å². The van der Waals surface area contributed by atoms with Gasteiger partial charge in [0.15, 0.2) is 11.5 Å². The number of benzene rings is 2. The minimum atomic E-state index is -0.527. The van der Waals surface area contributed by atoms with E-state index in [2.05, 4.69) is 10.2 Å². The van der Waals surface area contributed by atoms with E-state index in [4.69, 9.17) is 21.1 Å². The van der Waals surface area contributed by atoms with Gasteiger partial charge in [-0.3, -0.25) is 9.89 Å². The molecule has 4 rings (SSSR count). The predicted molar refractivity (Wildman–Crippen MR) is 119 cm³/mol. The van der Waals surface area contributed by atoms with E-state index in [0.29, 0.717) is 53.0 Å². The number of fused-ring (bicyclic) bond motifs is 1. The molecule has 1 atom stereocenters. The van der Waals surface area contributed by atoms with E-state index in [1.807, 2.05) is 6.92 Å². The standard InChI is InChI=1S/C23H24ClN3O5/c1-4-32-18-10-13(5-6-16(18)28)22-19-20(14-11-15(24)12(2)9-17(14)29)25-26-21(19)23(30)27(22)7-8-31-3/h5-6,9-11,22,28-29H,4,7-8H2,1-3H3,(H,25,26)/t22-/m1/s1. The van der Waals surface area contributed by atoms with E-state index in [1.54, 1.807) is 43.2 Å². The molecule has 0 aliphatic carbocycles. The Balaban J connectivity index is 1.90. The molecule has 3 aromatic rings. The number of halogens is 1. The number of aromatic nitrogens is 2. The molecular formula is C23H24ClN3O5. The van der Waals surface area contributed by atoms with Crippen molar-refractivity contribution >= 4 is 17.5 Å². The fourth-order valence-electron chi connectivity index (χ4n) is 4.00. The highest BCUT2D eigenvalue weighted by Crippen LogP contribution is 2.46. The summed E-state index contributed by atoms with van der Waals surface area (Å²) in [5, 5.41) is 28.4. The van der Waals surface area contributed by atoms with Gasteiger partial charge in [0.25, 0.3) is 5.91 Å². The number of amides is 1. The zero-order chi connectivity index (χ0) is 23.0. The molecule has 0 spiro atoms. The van der Waals surface area contributed by atoms with Crippen molar-refractivity contribution in [2.75, 3.05) is 26.9 Å². The summed E-state index contributed by atoms with van der Waals surface area (Å²) in [6.45, 7) is 4.68. The van der Waals surface area contributed by atoms with E-state index in [-0.39, 0.29) is 17.4 Å². The minimum absolute atomic E-state index is 0.0129. The molecule has 8 nitrogen and oxygen atoms in total.